The van der Waals surface area contributed by atoms with Crippen molar-refractivity contribution >= 4 is 40.5 Å². The van der Waals surface area contributed by atoms with Gasteiger partial charge in [-0.15, -0.1) is 0 Å². The van der Waals surface area contributed by atoms with Gasteiger partial charge >= 0.3 is 0 Å². The fourth-order valence-electron chi connectivity index (χ4n) is 1.81. The average molecular weight is 335 g/mol. The normalized spacial score (nSPS) is 9.91. The van der Waals surface area contributed by atoms with E-state index in [1.807, 2.05) is 31.2 Å². The topological polar surface area (TPSA) is 50.4 Å². The average Bonchev–Trinajstić information content (AvgIpc) is 2.49. The first-order valence-corrected chi connectivity index (χ1v) is 7.48. The molecule has 2 aromatic carbocycles. The van der Waals surface area contributed by atoms with Crippen molar-refractivity contribution in [3.63, 3.8) is 0 Å². The lowest BCUT2D eigenvalue weighted by Crippen LogP contribution is -2.34. The van der Waals surface area contributed by atoms with Crippen LogP contribution >= 0.6 is 23.8 Å². The van der Waals surface area contributed by atoms with E-state index in [1.54, 1.807) is 24.3 Å². The molecule has 0 bridgehead atoms. The fraction of sp³-hybridized carbons (Fsp3) is 0.125. The summed E-state index contributed by atoms with van der Waals surface area (Å²) < 4.78 is 5.49. The molecule has 0 aliphatic rings. The van der Waals surface area contributed by atoms with Crippen molar-refractivity contribution in [1.82, 2.24) is 5.32 Å². The summed E-state index contributed by atoms with van der Waals surface area (Å²) in [4.78, 5) is 12.1. The van der Waals surface area contributed by atoms with Gasteiger partial charge in [0.15, 0.2) is 5.11 Å². The Balaban J connectivity index is 2.03. The maximum absolute atomic E-state index is 12.1. The first-order chi connectivity index (χ1) is 10.6. The Labute approximate surface area is 139 Å². The smallest absolute Gasteiger partial charge is 0.257 e. The second-order valence-corrected chi connectivity index (χ2v) is 5.19. The molecule has 4 nitrogen and oxygen atoms in total. The van der Waals surface area contributed by atoms with Gasteiger partial charge in [-0.05, 0) is 49.5 Å². The molecule has 0 aliphatic heterocycles. The highest BCUT2D eigenvalue weighted by atomic mass is 35.5. The minimum Gasteiger partial charge on any atom is -0.492 e. The van der Waals surface area contributed by atoms with Gasteiger partial charge in [0.05, 0.1) is 12.3 Å². The Morgan fingerprint density at radius 3 is 2.73 bits per heavy atom. The summed E-state index contributed by atoms with van der Waals surface area (Å²) in [6, 6.07) is 14.0. The number of rotatable bonds is 4. The van der Waals surface area contributed by atoms with Crippen LogP contribution in [0.1, 0.15) is 17.3 Å². The van der Waals surface area contributed by atoms with Crippen molar-refractivity contribution < 1.29 is 9.53 Å². The Hall–Kier alpha value is -2.11. The molecule has 0 aliphatic carbocycles. The SMILES string of the molecule is CCOc1ccccc1NC(=S)NC(=O)c1cccc(Cl)c1. The van der Waals surface area contributed by atoms with Gasteiger partial charge in [-0.2, -0.15) is 0 Å². The molecule has 0 saturated heterocycles. The van der Waals surface area contributed by atoms with Crippen molar-refractivity contribution in [3.05, 3.63) is 59.1 Å². The van der Waals surface area contributed by atoms with Gasteiger partial charge in [0.1, 0.15) is 5.75 Å². The molecule has 0 radical (unpaired) electrons. The molecule has 0 fully saturated rings. The van der Waals surface area contributed by atoms with Crippen molar-refractivity contribution in [2.24, 2.45) is 0 Å². The lowest BCUT2D eigenvalue weighted by Gasteiger charge is -2.13. The van der Waals surface area contributed by atoms with E-state index in [0.29, 0.717) is 28.6 Å². The second-order valence-electron chi connectivity index (χ2n) is 4.35. The van der Waals surface area contributed by atoms with Crippen LogP contribution in [0.15, 0.2) is 48.5 Å². The largest absolute Gasteiger partial charge is 0.492 e. The molecule has 2 aromatic rings. The first-order valence-electron chi connectivity index (χ1n) is 6.70. The molecular weight excluding hydrogens is 320 g/mol. The summed E-state index contributed by atoms with van der Waals surface area (Å²) in [6.45, 7) is 2.44. The maximum atomic E-state index is 12.1. The van der Waals surface area contributed by atoms with Gasteiger partial charge in [-0.1, -0.05) is 29.8 Å². The molecule has 1 amide bonds. The minimum absolute atomic E-state index is 0.192. The number of amides is 1. The molecule has 2 rings (SSSR count). The molecule has 0 unspecified atom stereocenters. The van der Waals surface area contributed by atoms with Gasteiger partial charge in [0, 0.05) is 10.6 Å². The van der Waals surface area contributed by atoms with E-state index in [4.69, 9.17) is 28.6 Å². The van der Waals surface area contributed by atoms with Crippen LogP contribution in [0, 0.1) is 0 Å². The number of hydrogen-bond donors (Lipinski definition) is 2. The van der Waals surface area contributed by atoms with E-state index in [9.17, 15) is 4.79 Å². The van der Waals surface area contributed by atoms with Crippen molar-refractivity contribution in [3.8, 4) is 5.75 Å². The summed E-state index contributed by atoms with van der Waals surface area (Å²) in [7, 11) is 0. The zero-order chi connectivity index (χ0) is 15.9. The molecule has 2 N–H and O–H groups in total. The van der Waals surface area contributed by atoms with Crippen molar-refractivity contribution in [1.29, 1.82) is 0 Å². The number of para-hydroxylation sites is 2. The van der Waals surface area contributed by atoms with Crippen LogP contribution in [0.4, 0.5) is 5.69 Å². The van der Waals surface area contributed by atoms with Gasteiger partial charge < -0.3 is 10.1 Å². The summed E-state index contributed by atoms with van der Waals surface area (Å²) in [5.74, 6) is 0.346. The molecular formula is C16H15ClN2O2S. The highest BCUT2D eigenvalue weighted by molar-refractivity contribution is 7.80. The third-order valence-electron chi connectivity index (χ3n) is 2.75. The maximum Gasteiger partial charge on any atom is 0.257 e. The number of hydrogen-bond acceptors (Lipinski definition) is 3. The fourth-order valence-corrected chi connectivity index (χ4v) is 2.20. The van der Waals surface area contributed by atoms with Gasteiger partial charge in [-0.25, -0.2) is 0 Å². The predicted molar refractivity (Wildman–Crippen MR) is 92.7 cm³/mol. The van der Waals surface area contributed by atoms with Gasteiger partial charge in [0.25, 0.3) is 5.91 Å². The molecule has 22 heavy (non-hydrogen) atoms. The second kappa shape index (κ2) is 7.77. The van der Waals surface area contributed by atoms with Crippen molar-refractivity contribution in [2.45, 2.75) is 6.92 Å². The Morgan fingerprint density at radius 1 is 1.23 bits per heavy atom. The summed E-state index contributed by atoms with van der Waals surface area (Å²) >= 11 is 11.0. The van der Waals surface area contributed by atoms with Crippen LogP contribution in [0.25, 0.3) is 0 Å². The lowest BCUT2D eigenvalue weighted by atomic mass is 10.2. The van der Waals surface area contributed by atoms with E-state index in [0.717, 1.165) is 0 Å². The van der Waals surface area contributed by atoms with Crippen LogP contribution in [0.2, 0.25) is 5.02 Å². The molecule has 0 heterocycles. The van der Waals surface area contributed by atoms with E-state index < -0.39 is 0 Å². The third kappa shape index (κ3) is 4.44. The Bertz CT molecular complexity index is 691. The van der Waals surface area contributed by atoms with E-state index in [2.05, 4.69) is 10.6 Å². The molecule has 0 atom stereocenters. The van der Waals surface area contributed by atoms with Crippen molar-refractivity contribution in [2.75, 3.05) is 11.9 Å². The zero-order valence-corrected chi connectivity index (χ0v) is 13.5. The van der Waals surface area contributed by atoms with E-state index >= 15 is 0 Å². The van der Waals surface area contributed by atoms with Crippen LogP contribution in [0.3, 0.4) is 0 Å². The van der Waals surface area contributed by atoms with Gasteiger partial charge in [-0.3, -0.25) is 10.1 Å². The summed E-state index contributed by atoms with van der Waals surface area (Å²) in [6.07, 6.45) is 0. The first kappa shape index (κ1) is 16.3. The number of thiocarbonyl (C=S) groups is 1. The molecule has 0 spiro atoms. The zero-order valence-electron chi connectivity index (χ0n) is 11.9. The Kier molecular flexibility index (Phi) is 5.75. The minimum atomic E-state index is -0.325. The summed E-state index contributed by atoms with van der Waals surface area (Å²) in [5, 5.41) is 6.25. The molecule has 6 heteroatoms. The van der Waals surface area contributed by atoms with Crippen LogP contribution in [-0.2, 0) is 0 Å². The van der Waals surface area contributed by atoms with Gasteiger partial charge in [0.2, 0.25) is 0 Å². The number of benzene rings is 2. The van der Waals surface area contributed by atoms with Crippen LogP contribution in [0.5, 0.6) is 5.75 Å². The highest BCUT2D eigenvalue weighted by Gasteiger charge is 2.10. The molecule has 0 saturated carbocycles. The number of anilines is 1. The monoisotopic (exact) mass is 334 g/mol. The number of ether oxygens (including phenoxy) is 1. The third-order valence-corrected chi connectivity index (χ3v) is 3.19. The number of carbonyl (C=O) groups excluding carboxylic acids is 1. The number of carbonyl (C=O) groups is 1. The molecule has 114 valence electrons. The number of halogens is 1. The quantitative estimate of drug-likeness (QED) is 0.833. The van der Waals surface area contributed by atoms with E-state index in [1.165, 1.54) is 0 Å². The van der Waals surface area contributed by atoms with E-state index in [-0.39, 0.29) is 11.0 Å². The predicted octanol–water partition coefficient (Wildman–Crippen LogP) is 3.87. The lowest BCUT2D eigenvalue weighted by molar-refractivity contribution is 0.0977. The van der Waals surface area contributed by atoms with Crippen LogP contribution < -0.4 is 15.4 Å². The Morgan fingerprint density at radius 2 is 2.00 bits per heavy atom. The summed E-state index contributed by atoms with van der Waals surface area (Å²) in [5.41, 5.74) is 1.13. The highest BCUT2D eigenvalue weighted by Crippen LogP contribution is 2.23. The van der Waals surface area contributed by atoms with Crippen LogP contribution in [-0.4, -0.2) is 17.6 Å². The molecule has 0 aromatic heterocycles. The standard InChI is InChI=1S/C16H15ClN2O2S/c1-2-21-14-9-4-3-8-13(14)18-16(22)19-15(20)11-6-5-7-12(17)10-11/h3-10H,2H2,1H3,(H2,18,19,20,22). The number of nitrogens with one attached hydrogen (secondary N) is 2.